The van der Waals surface area contributed by atoms with Crippen molar-refractivity contribution < 1.29 is 18.4 Å². The Morgan fingerprint density at radius 3 is 2.56 bits per heavy atom. The lowest BCUT2D eigenvalue weighted by Gasteiger charge is -2.23. The van der Waals surface area contributed by atoms with Gasteiger partial charge in [0, 0.05) is 32.1 Å². The van der Waals surface area contributed by atoms with Crippen molar-refractivity contribution in [2.75, 3.05) is 33.7 Å². The summed E-state index contributed by atoms with van der Waals surface area (Å²) in [5.74, 6) is -0.499. The minimum absolute atomic E-state index is 0.102. The van der Waals surface area contributed by atoms with Gasteiger partial charge >= 0.3 is 0 Å². The standard InChI is InChI=1S/C22H30F2N6O2/c1-14(2)11-18(25-20(31)13-28(3)4)21-27-26-19-7-8-29(9-10-30(19)21)22(32)16-6-5-15(23)12-17(16)24/h5-6,12,14,18H,7-11,13H2,1-4H3,(H,25,31)/t18-/m1/s1. The van der Waals surface area contributed by atoms with Crippen LogP contribution >= 0.6 is 0 Å². The van der Waals surface area contributed by atoms with E-state index in [1.807, 2.05) is 18.7 Å². The molecule has 0 saturated carbocycles. The number of likely N-dealkylation sites (N-methyl/N-ethyl adjacent to an activating group) is 1. The van der Waals surface area contributed by atoms with Crippen molar-refractivity contribution in [3.63, 3.8) is 0 Å². The molecule has 1 aromatic carbocycles. The molecular formula is C22H30F2N6O2. The Morgan fingerprint density at radius 2 is 1.91 bits per heavy atom. The van der Waals surface area contributed by atoms with Crippen LogP contribution in [0.15, 0.2) is 18.2 Å². The summed E-state index contributed by atoms with van der Waals surface area (Å²) in [6, 6.07) is 2.65. The number of fused-ring (bicyclic) bond motifs is 1. The first-order valence-electron chi connectivity index (χ1n) is 10.8. The average Bonchev–Trinajstić information content (AvgIpc) is 2.97. The SMILES string of the molecule is CC(C)C[C@@H](NC(=O)CN(C)C)c1nnc2n1CCN(C(=O)c1ccc(F)cc1F)CC2. The second-order valence-electron chi connectivity index (χ2n) is 8.78. The monoisotopic (exact) mass is 448 g/mol. The Labute approximate surface area is 186 Å². The Bertz CT molecular complexity index is 975. The van der Waals surface area contributed by atoms with E-state index in [4.69, 9.17) is 0 Å². The van der Waals surface area contributed by atoms with Gasteiger partial charge in [0.05, 0.1) is 18.2 Å². The van der Waals surface area contributed by atoms with E-state index in [0.29, 0.717) is 56.1 Å². The molecule has 8 nitrogen and oxygen atoms in total. The first-order valence-corrected chi connectivity index (χ1v) is 10.8. The zero-order valence-corrected chi connectivity index (χ0v) is 18.9. The predicted molar refractivity (Wildman–Crippen MR) is 115 cm³/mol. The van der Waals surface area contributed by atoms with Crippen LogP contribution in [0.2, 0.25) is 0 Å². The zero-order valence-electron chi connectivity index (χ0n) is 18.9. The molecule has 0 radical (unpaired) electrons. The van der Waals surface area contributed by atoms with Crippen LogP contribution in [0, 0.1) is 17.6 Å². The highest BCUT2D eigenvalue weighted by atomic mass is 19.1. The van der Waals surface area contributed by atoms with E-state index in [9.17, 15) is 18.4 Å². The van der Waals surface area contributed by atoms with Crippen molar-refractivity contribution >= 4 is 11.8 Å². The Balaban J connectivity index is 1.78. The van der Waals surface area contributed by atoms with Crippen molar-refractivity contribution in [3.05, 3.63) is 47.0 Å². The fourth-order valence-corrected chi connectivity index (χ4v) is 3.87. The van der Waals surface area contributed by atoms with Gasteiger partial charge in [0.2, 0.25) is 5.91 Å². The van der Waals surface area contributed by atoms with Crippen LogP contribution in [-0.2, 0) is 17.8 Å². The van der Waals surface area contributed by atoms with Crippen molar-refractivity contribution in [1.29, 1.82) is 0 Å². The molecule has 1 aliphatic heterocycles. The minimum Gasteiger partial charge on any atom is -0.345 e. The van der Waals surface area contributed by atoms with Crippen LogP contribution in [0.25, 0.3) is 0 Å². The van der Waals surface area contributed by atoms with Crippen LogP contribution in [0.3, 0.4) is 0 Å². The quantitative estimate of drug-likeness (QED) is 0.701. The van der Waals surface area contributed by atoms with Crippen LogP contribution < -0.4 is 5.32 Å². The van der Waals surface area contributed by atoms with Gasteiger partial charge in [0.25, 0.3) is 5.91 Å². The van der Waals surface area contributed by atoms with Gasteiger partial charge in [-0.05, 0) is 38.6 Å². The number of carbonyl (C=O) groups is 2. The van der Waals surface area contributed by atoms with Gasteiger partial charge in [-0.2, -0.15) is 0 Å². The van der Waals surface area contributed by atoms with Crippen molar-refractivity contribution in [1.82, 2.24) is 29.9 Å². The van der Waals surface area contributed by atoms with Gasteiger partial charge in [-0.3, -0.25) is 9.59 Å². The third-order valence-electron chi connectivity index (χ3n) is 5.32. The molecule has 2 aromatic rings. The molecule has 0 aliphatic carbocycles. The van der Waals surface area contributed by atoms with E-state index in [1.54, 1.807) is 4.90 Å². The van der Waals surface area contributed by atoms with E-state index in [0.717, 1.165) is 6.07 Å². The molecule has 1 N–H and O–H groups in total. The molecule has 2 amide bonds. The summed E-state index contributed by atoms with van der Waals surface area (Å²) in [5, 5.41) is 11.7. The Kier molecular flexibility index (Phi) is 7.55. The third-order valence-corrected chi connectivity index (χ3v) is 5.32. The highest BCUT2D eigenvalue weighted by Gasteiger charge is 2.28. The number of hydrogen-bond acceptors (Lipinski definition) is 5. The number of amides is 2. The molecule has 0 spiro atoms. The topological polar surface area (TPSA) is 83.4 Å². The lowest BCUT2D eigenvalue weighted by atomic mass is 10.0. The number of nitrogens with zero attached hydrogens (tertiary/aromatic N) is 5. The fourth-order valence-electron chi connectivity index (χ4n) is 3.87. The molecule has 0 unspecified atom stereocenters. The molecule has 0 saturated heterocycles. The number of aromatic nitrogens is 3. The number of carbonyl (C=O) groups excluding carboxylic acids is 2. The highest BCUT2D eigenvalue weighted by molar-refractivity contribution is 5.94. The maximum atomic E-state index is 14.1. The summed E-state index contributed by atoms with van der Waals surface area (Å²) in [5.41, 5.74) is -0.155. The first-order chi connectivity index (χ1) is 15.2. The maximum Gasteiger partial charge on any atom is 0.256 e. The fraction of sp³-hybridized carbons (Fsp3) is 0.545. The summed E-state index contributed by atoms with van der Waals surface area (Å²) < 4.78 is 29.3. The minimum atomic E-state index is -0.875. The molecule has 2 heterocycles. The Morgan fingerprint density at radius 1 is 1.16 bits per heavy atom. The van der Waals surface area contributed by atoms with Gasteiger partial charge in [0.15, 0.2) is 5.82 Å². The highest BCUT2D eigenvalue weighted by Crippen LogP contribution is 2.23. The van der Waals surface area contributed by atoms with E-state index >= 15 is 0 Å². The second kappa shape index (κ2) is 10.2. The number of halogens is 2. The second-order valence-corrected chi connectivity index (χ2v) is 8.78. The Hall–Kier alpha value is -2.88. The average molecular weight is 449 g/mol. The lowest BCUT2D eigenvalue weighted by Crippen LogP contribution is -2.38. The van der Waals surface area contributed by atoms with Gasteiger partial charge in [0.1, 0.15) is 17.5 Å². The summed E-state index contributed by atoms with van der Waals surface area (Å²) in [7, 11) is 3.66. The predicted octanol–water partition coefficient (Wildman–Crippen LogP) is 2.02. The van der Waals surface area contributed by atoms with Gasteiger partial charge in [-0.1, -0.05) is 13.8 Å². The molecule has 174 valence electrons. The van der Waals surface area contributed by atoms with Gasteiger partial charge in [-0.25, -0.2) is 8.78 Å². The van der Waals surface area contributed by atoms with Gasteiger partial charge in [-0.15, -0.1) is 10.2 Å². The first kappa shape index (κ1) is 23.8. The summed E-state index contributed by atoms with van der Waals surface area (Å²) >= 11 is 0. The van der Waals surface area contributed by atoms with Crippen LogP contribution in [0.4, 0.5) is 8.78 Å². The van der Waals surface area contributed by atoms with Crippen LogP contribution in [0.1, 0.15) is 48.3 Å². The summed E-state index contributed by atoms with van der Waals surface area (Å²) in [6.45, 7) is 5.50. The molecule has 0 bridgehead atoms. The van der Waals surface area contributed by atoms with Crippen molar-refractivity contribution in [3.8, 4) is 0 Å². The third kappa shape index (κ3) is 5.67. The molecule has 0 fully saturated rings. The number of benzene rings is 1. The molecule has 10 heteroatoms. The number of nitrogens with one attached hydrogen (secondary N) is 1. The largest absolute Gasteiger partial charge is 0.345 e. The molecule has 1 aromatic heterocycles. The van der Waals surface area contributed by atoms with E-state index in [1.165, 1.54) is 11.0 Å². The summed E-state index contributed by atoms with van der Waals surface area (Å²) in [6.07, 6.45) is 1.14. The number of hydrogen-bond donors (Lipinski definition) is 1. The van der Waals surface area contributed by atoms with Crippen LogP contribution in [-0.4, -0.2) is 70.1 Å². The van der Waals surface area contributed by atoms with Crippen molar-refractivity contribution in [2.24, 2.45) is 5.92 Å². The summed E-state index contributed by atoms with van der Waals surface area (Å²) in [4.78, 5) is 28.6. The lowest BCUT2D eigenvalue weighted by molar-refractivity contribution is -0.122. The van der Waals surface area contributed by atoms with E-state index in [-0.39, 0.29) is 24.1 Å². The molecule has 1 aliphatic rings. The zero-order chi connectivity index (χ0) is 23.4. The molecule has 1 atom stereocenters. The number of rotatable bonds is 7. The van der Waals surface area contributed by atoms with E-state index < -0.39 is 17.5 Å². The van der Waals surface area contributed by atoms with E-state index in [2.05, 4.69) is 29.4 Å². The maximum absolute atomic E-state index is 14.1. The van der Waals surface area contributed by atoms with Crippen molar-refractivity contribution in [2.45, 2.75) is 39.3 Å². The van der Waals surface area contributed by atoms with Crippen LogP contribution in [0.5, 0.6) is 0 Å². The molecular weight excluding hydrogens is 418 g/mol. The molecule has 32 heavy (non-hydrogen) atoms. The smallest absolute Gasteiger partial charge is 0.256 e. The normalized spacial score (nSPS) is 14.9. The van der Waals surface area contributed by atoms with Gasteiger partial charge < -0.3 is 19.7 Å². The molecule has 3 rings (SSSR count).